The van der Waals surface area contributed by atoms with E-state index in [1.54, 1.807) is 0 Å². The molecule has 0 radical (unpaired) electrons. The summed E-state index contributed by atoms with van der Waals surface area (Å²) in [7, 11) is 0. The van der Waals surface area contributed by atoms with Gasteiger partial charge in [0.25, 0.3) is 5.91 Å². The number of amides is 9. The molecule has 1 aliphatic rings. The average molecular weight is 1260 g/mol. The summed E-state index contributed by atoms with van der Waals surface area (Å²) in [5.41, 5.74) is 16.5. The van der Waals surface area contributed by atoms with Crippen LogP contribution < -0.4 is 65.1 Å². The molecule has 21 N–H and O–H groups in total. The fraction of sp³-hybridized carbons (Fsp3) is 0.745. The van der Waals surface area contributed by atoms with E-state index in [0.29, 0.717) is 12.8 Å². The summed E-state index contributed by atoms with van der Waals surface area (Å²) in [5.74, 6) is -17.8. The molecule has 31 nitrogen and oxygen atoms in total. The molecule has 9 amide bonds. The van der Waals surface area contributed by atoms with Crippen LogP contribution in [-0.2, 0) is 62.3 Å². The van der Waals surface area contributed by atoms with Crippen LogP contribution in [0.1, 0.15) is 156 Å². The maximum Gasteiger partial charge on any atom is 0.335 e. The minimum Gasteiger partial charge on any atom is -0.481 e. The number of carboxylic acids is 2. The molecule has 87 heavy (non-hydrogen) atoms. The summed E-state index contributed by atoms with van der Waals surface area (Å²) >= 11 is 5.87. The van der Waals surface area contributed by atoms with Crippen molar-refractivity contribution in [3.8, 4) is 0 Å². The molecule has 0 aromatic carbocycles. The highest BCUT2D eigenvalue weighted by atomic mass is 35.5. The van der Waals surface area contributed by atoms with Crippen molar-refractivity contribution >= 4 is 82.7 Å². The number of rotatable bonds is 32. The number of carbonyl (C=O) groups excluding carboxylic acids is 10. The largest absolute Gasteiger partial charge is 0.481 e. The zero-order chi connectivity index (χ0) is 65.6. The molecule has 0 spiro atoms. The molecule has 32 heteroatoms. The number of ether oxygens (including phenoxy) is 1. The third kappa shape index (κ3) is 30.7. The van der Waals surface area contributed by atoms with Crippen LogP contribution in [0.4, 0.5) is 0 Å². The lowest BCUT2D eigenvalue weighted by Crippen LogP contribution is -2.62. The van der Waals surface area contributed by atoms with E-state index >= 15 is 0 Å². The van der Waals surface area contributed by atoms with E-state index in [1.807, 2.05) is 10.6 Å². The second-order valence-electron chi connectivity index (χ2n) is 21.3. The Labute approximate surface area is 511 Å². The van der Waals surface area contributed by atoms with Crippen molar-refractivity contribution in [1.29, 1.82) is 0 Å². The molecule has 0 aromatic rings. The maximum absolute atomic E-state index is 14.2. The van der Waals surface area contributed by atoms with Gasteiger partial charge in [-0.3, -0.25) is 47.9 Å². The van der Waals surface area contributed by atoms with E-state index in [0.717, 1.165) is 51.5 Å². The molecule has 0 bridgehead atoms. The van der Waals surface area contributed by atoms with E-state index in [2.05, 4.69) is 44.1 Å². The average Bonchev–Trinajstić information content (AvgIpc) is 3.53. The summed E-state index contributed by atoms with van der Waals surface area (Å²) < 4.78 is 5.29. The van der Waals surface area contributed by atoms with Crippen molar-refractivity contribution in [1.82, 2.24) is 47.9 Å². The van der Waals surface area contributed by atoms with Crippen LogP contribution in [0, 0.1) is 0 Å². The predicted octanol–water partition coefficient (Wildman–Crippen LogP) is -3.60. The monoisotopic (exact) mass is 1260 g/mol. The number of hydrogen-bond acceptors (Lipinski definition) is 20. The number of halogens is 1. The smallest absolute Gasteiger partial charge is 0.335 e. The van der Waals surface area contributed by atoms with Crippen LogP contribution in [0.25, 0.3) is 0 Å². The fourth-order valence-electron chi connectivity index (χ4n) is 8.93. The van der Waals surface area contributed by atoms with Crippen molar-refractivity contribution in [2.45, 2.75) is 228 Å². The lowest BCUT2D eigenvalue weighted by molar-refractivity contribution is -0.155. The van der Waals surface area contributed by atoms with Gasteiger partial charge in [-0.15, -0.1) is 11.6 Å². The summed E-state index contributed by atoms with van der Waals surface area (Å²) in [5, 5.41) is 82.4. The summed E-state index contributed by atoms with van der Waals surface area (Å²) in [6.45, 7) is 2.68. The number of aliphatic carboxylic acids is 2. The van der Waals surface area contributed by atoms with Crippen molar-refractivity contribution < 1.29 is 92.9 Å². The number of unbranched alkanes of at least 4 members (excludes halogenated alkanes) is 13. The lowest BCUT2D eigenvalue weighted by Gasteiger charge is -2.28. The maximum atomic E-state index is 14.2. The molecule has 496 valence electrons. The molecule has 1 rings (SSSR count). The van der Waals surface area contributed by atoms with Crippen molar-refractivity contribution in [2.24, 2.45) is 17.2 Å². The molecule has 3 unspecified atom stereocenters. The highest BCUT2D eigenvalue weighted by Gasteiger charge is 2.41. The number of allylic oxidation sites excluding steroid dienone is 1. The number of alkyl halides is 1. The Balaban J connectivity index is 3.88. The van der Waals surface area contributed by atoms with Gasteiger partial charge in [-0.25, -0.2) is 9.59 Å². The van der Waals surface area contributed by atoms with Gasteiger partial charge in [0.15, 0.2) is 12.1 Å². The summed E-state index contributed by atoms with van der Waals surface area (Å²) in [6, 6.07) is -15.8. The third-order valence-corrected chi connectivity index (χ3v) is 14.3. The molecule has 0 aromatic heterocycles. The Morgan fingerprint density at radius 1 is 0.598 bits per heavy atom. The van der Waals surface area contributed by atoms with Crippen molar-refractivity contribution in [2.75, 3.05) is 32.1 Å². The minimum absolute atomic E-state index is 0.123. The van der Waals surface area contributed by atoms with Crippen LogP contribution in [-0.4, -0.2) is 207 Å². The molecule has 1 heterocycles. The van der Waals surface area contributed by atoms with E-state index in [1.165, 1.54) is 45.4 Å². The Bertz CT molecular complexity index is 2270. The topological polar surface area (TPSA) is 522 Å². The van der Waals surface area contributed by atoms with Gasteiger partial charge in [0, 0.05) is 0 Å². The SMILES string of the molecule is C/C=C1\NC(=O)C([C@H](C)O)NC(=O)[C@H](CCN)NC(=O)[C@H](CCCCN)NC(=O)[C@H](CC(=O)O)NC(=O)[C@@H](CCN)NC(=O)[C@@H](NC(=O)C[C@H](O)CCCCCCCCCCCCCCC)COC(=O)[C@H](C(O)CCl)NC(=O)C([C@H](O)C(=O)O)NC1=O. The second-order valence-corrected chi connectivity index (χ2v) is 21.6. The van der Waals surface area contributed by atoms with Crippen molar-refractivity contribution in [3.05, 3.63) is 11.8 Å². The molecular weight excluding hydrogens is 1170 g/mol. The Hall–Kier alpha value is -6.61. The van der Waals surface area contributed by atoms with Crippen LogP contribution in [0.2, 0.25) is 0 Å². The van der Waals surface area contributed by atoms with Gasteiger partial charge in [-0.2, -0.15) is 0 Å². The Morgan fingerprint density at radius 3 is 1.56 bits per heavy atom. The highest BCUT2D eigenvalue weighted by Crippen LogP contribution is 2.15. The summed E-state index contributed by atoms with van der Waals surface area (Å²) in [4.78, 5) is 163. The standard InChI is InChI=1S/C55H95ClN12O19/c1-4-6-7-8-9-10-11-12-13-14-15-16-17-20-32(70)27-40(72)60-38-30-87-55(86)43(39(71)29-56)67-53(83)44(45(75)54(84)85)68-46(76)33(5-2)61-52(82)42(31(3)69)66-49(79)36(23-26-59)63-47(77)34(21-18-19-24-57)62-50(80)37(28-41(73)74)65-48(78)35(22-25-58)64-51(38)81/h5,31-32,34-39,42-45,69-71,75H,4,6-30,57-59H2,1-3H3,(H,60,72)(H,61,82)(H,62,80)(H,63,77)(H,64,81)(H,65,78)(H,66,79)(H,67,83)(H,68,76)(H,73,74)(H,84,85)/b33-5-/t31-,32+,34-,35+,36-,37-,38-,39?,42?,43-,44?,45-/m0/s1. The third-order valence-electron chi connectivity index (χ3n) is 14.0. The van der Waals surface area contributed by atoms with Gasteiger partial charge in [-0.1, -0.05) is 96.5 Å². The van der Waals surface area contributed by atoms with Crippen molar-refractivity contribution in [3.63, 3.8) is 0 Å². The first-order chi connectivity index (χ1) is 41.3. The molecular formula is C55H95ClN12O19. The number of aliphatic hydroxyl groups excluding tert-OH is 4. The van der Waals surface area contributed by atoms with Crippen LogP contribution in [0.5, 0.6) is 0 Å². The summed E-state index contributed by atoms with van der Waals surface area (Å²) in [6.07, 6.45) is 4.80. The van der Waals surface area contributed by atoms with Gasteiger partial charge in [0.05, 0.1) is 37.0 Å². The van der Waals surface area contributed by atoms with E-state index in [-0.39, 0.29) is 45.3 Å². The molecule has 1 saturated heterocycles. The second kappa shape index (κ2) is 43.9. The van der Waals surface area contributed by atoms with Gasteiger partial charge >= 0.3 is 17.9 Å². The molecule has 12 atom stereocenters. The van der Waals surface area contributed by atoms with E-state index in [4.69, 9.17) is 33.5 Å². The van der Waals surface area contributed by atoms with Gasteiger partial charge in [0.2, 0.25) is 47.3 Å². The van der Waals surface area contributed by atoms with E-state index in [9.17, 15) is 88.2 Å². The Kier molecular flexibility index (Phi) is 39.6. The van der Waals surface area contributed by atoms with Crippen LogP contribution in [0.15, 0.2) is 11.8 Å². The normalized spacial score (nSPS) is 23.9. The van der Waals surface area contributed by atoms with Crippen LogP contribution >= 0.6 is 11.6 Å². The van der Waals surface area contributed by atoms with Crippen LogP contribution in [0.3, 0.4) is 0 Å². The first-order valence-electron chi connectivity index (χ1n) is 29.7. The number of nitrogens with two attached hydrogens (primary N) is 3. The fourth-order valence-corrected chi connectivity index (χ4v) is 9.11. The van der Waals surface area contributed by atoms with Gasteiger partial charge in [0.1, 0.15) is 54.6 Å². The molecule has 1 aliphatic heterocycles. The molecule has 1 fully saturated rings. The lowest BCUT2D eigenvalue weighted by atomic mass is 10.0. The zero-order valence-corrected chi connectivity index (χ0v) is 50.7. The van der Waals surface area contributed by atoms with E-state index < -0.39 is 181 Å². The number of carboxylic acid groups (broad SMARTS) is 2. The number of hydrogen-bond donors (Lipinski definition) is 18. The van der Waals surface area contributed by atoms with Gasteiger partial charge in [-0.05, 0) is 72.0 Å². The number of aliphatic hydroxyl groups is 4. The van der Waals surface area contributed by atoms with Gasteiger partial charge < -0.3 is 100 Å². The number of carbonyl (C=O) groups is 12. The minimum atomic E-state index is -2.83. The first-order valence-corrected chi connectivity index (χ1v) is 30.2. The molecule has 0 saturated carbocycles. The molecule has 0 aliphatic carbocycles. The zero-order valence-electron chi connectivity index (χ0n) is 50.0. The Morgan fingerprint density at radius 2 is 1.08 bits per heavy atom. The number of cyclic esters (lactones) is 1. The first kappa shape index (κ1) is 78.4. The highest BCUT2D eigenvalue weighted by molar-refractivity contribution is 6.18. The number of esters is 1. The quantitative estimate of drug-likeness (QED) is 0.0134. The predicted molar refractivity (Wildman–Crippen MR) is 314 cm³/mol. The number of nitrogens with one attached hydrogen (secondary N) is 9.